The van der Waals surface area contributed by atoms with Gasteiger partial charge < -0.3 is 4.90 Å². The van der Waals surface area contributed by atoms with Crippen LogP contribution in [0.1, 0.15) is 15.9 Å². The van der Waals surface area contributed by atoms with Gasteiger partial charge >= 0.3 is 0 Å². The van der Waals surface area contributed by atoms with Crippen LogP contribution in [0.5, 0.6) is 0 Å². The van der Waals surface area contributed by atoms with Crippen LogP contribution in [0.4, 0.5) is 11.5 Å². The van der Waals surface area contributed by atoms with E-state index in [1.807, 2.05) is 24.3 Å². The molecule has 1 aliphatic heterocycles. The number of rotatable bonds is 3. The highest BCUT2D eigenvalue weighted by Gasteiger charge is 2.25. The number of para-hydroxylation sites is 1. The summed E-state index contributed by atoms with van der Waals surface area (Å²) in [7, 11) is 0. The minimum absolute atomic E-state index is 0.404. The molecule has 124 valence electrons. The Morgan fingerprint density at radius 2 is 1.84 bits per heavy atom. The third-order valence-electron chi connectivity index (χ3n) is 3.92. The lowest BCUT2D eigenvalue weighted by atomic mass is 10.1. The second-order valence-corrected chi connectivity index (χ2v) is 6.51. The van der Waals surface area contributed by atoms with Crippen LogP contribution >= 0.6 is 11.8 Å². The van der Waals surface area contributed by atoms with Gasteiger partial charge in [0.25, 0.3) is 5.91 Å². The van der Waals surface area contributed by atoms with Crippen molar-refractivity contribution in [3.8, 4) is 0 Å². The van der Waals surface area contributed by atoms with Crippen molar-refractivity contribution in [3.63, 3.8) is 0 Å². The van der Waals surface area contributed by atoms with Crippen molar-refractivity contribution >= 4 is 29.2 Å². The normalized spacial score (nSPS) is 12.3. The van der Waals surface area contributed by atoms with Crippen LogP contribution in [-0.2, 0) is 6.54 Å². The molecule has 1 aromatic heterocycles. The maximum absolute atomic E-state index is 11.4. The van der Waals surface area contributed by atoms with Gasteiger partial charge in [-0.15, -0.1) is 0 Å². The molecule has 7 heteroatoms. The van der Waals surface area contributed by atoms with E-state index in [4.69, 9.17) is 5.21 Å². The first-order valence-electron chi connectivity index (χ1n) is 7.65. The highest BCUT2D eigenvalue weighted by atomic mass is 32.2. The molecule has 1 aliphatic rings. The summed E-state index contributed by atoms with van der Waals surface area (Å²) in [5, 5.41) is 9.58. The maximum Gasteiger partial charge on any atom is 0.274 e. The molecule has 0 aliphatic carbocycles. The molecule has 2 N–H and O–H groups in total. The number of hydrogen-bond donors (Lipinski definition) is 2. The predicted octanol–water partition coefficient (Wildman–Crippen LogP) is 3.40. The molecule has 2 aromatic carbocycles. The van der Waals surface area contributed by atoms with Crippen molar-refractivity contribution in [2.24, 2.45) is 0 Å². The zero-order valence-electron chi connectivity index (χ0n) is 13.1. The Balaban J connectivity index is 1.69. The number of carbonyl (C=O) groups excluding carboxylic acids is 1. The van der Waals surface area contributed by atoms with E-state index in [1.54, 1.807) is 41.8 Å². The third kappa shape index (κ3) is 2.95. The van der Waals surface area contributed by atoms with Crippen molar-refractivity contribution in [1.82, 2.24) is 15.4 Å². The zero-order valence-corrected chi connectivity index (χ0v) is 13.9. The Bertz CT molecular complexity index is 885. The Morgan fingerprint density at radius 1 is 1.08 bits per heavy atom. The number of aromatic nitrogens is 2. The molecular formula is C18H14N4O2S. The van der Waals surface area contributed by atoms with Crippen LogP contribution in [0, 0.1) is 0 Å². The van der Waals surface area contributed by atoms with Crippen molar-refractivity contribution < 1.29 is 10.0 Å². The van der Waals surface area contributed by atoms with Crippen molar-refractivity contribution in [3.05, 3.63) is 72.1 Å². The SMILES string of the molecule is O=C(NO)c1ccc(CN2c3ccccc3Sc3nccnc32)cc1. The summed E-state index contributed by atoms with van der Waals surface area (Å²) in [6.45, 7) is 0.601. The molecule has 0 bridgehead atoms. The zero-order chi connectivity index (χ0) is 17.2. The summed E-state index contributed by atoms with van der Waals surface area (Å²) < 4.78 is 0. The number of benzene rings is 2. The van der Waals surface area contributed by atoms with Crippen LogP contribution in [-0.4, -0.2) is 21.1 Å². The van der Waals surface area contributed by atoms with E-state index >= 15 is 0 Å². The van der Waals surface area contributed by atoms with Crippen LogP contribution in [0.15, 0.2) is 70.8 Å². The molecule has 0 saturated carbocycles. The number of amides is 1. The fourth-order valence-corrected chi connectivity index (χ4v) is 3.73. The van der Waals surface area contributed by atoms with Crippen molar-refractivity contribution in [1.29, 1.82) is 0 Å². The van der Waals surface area contributed by atoms with Gasteiger partial charge in [-0.05, 0) is 29.8 Å². The van der Waals surface area contributed by atoms with Gasteiger partial charge in [-0.2, -0.15) is 0 Å². The summed E-state index contributed by atoms with van der Waals surface area (Å²) in [6.07, 6.45) is 3.38. The minimum Gasteiger partial charge on any atom is -0.319 e. The predicted molar refractivity (Wildman–Crippen MR) is 94.1 cm³/mol. The third-order valence-corrected chi connectivity index (χ3v) is 4.97. The summed E-state index contributed by atoms with van der Waals surface area (Å²) in [5.74, 6) is 0.297. The largest absolute Gasteiger partial charge is 0.319 e. The fraction of sp³-hybridized carbons (Fsp3) is 0.0556. The molecule has 0 unspecified atom stereocenters. The van der Waals surface area contributed by atoms with Gasteiger partial charge in [0.1, 0.15) is 5.03 Å². The van der Waals surface area contributed by atoms with E-state index in [1.165, 1.54) is 0 Å². The average Bonchev–Trinajstić information content (AvgIpc) is 2.67. The number of hydroxylamine groups is 1. The Morgan fingerprint density at radius 3 is 2.64 bits per heavy atom. The molecular weight excluding hydrogens is 336 g/mol. The lowest BCUT2D eigenvalue weighted by molar-refractivity contribution is 0.0706. The van der Waals surface area contributed by atoms with Gasteiger partial charge in [-0.3, -0.25) is 10.0 Å². The van der Waals surface area contributed by atoms with Crippen LogP contribution < -0.4 is 10.4 Å². The van der Waals surface area contributed by atoms with E-state index in [9.17, 15) is 4.79 Å². The molecule has 1 amide bonds. The molecule has 0 spiro atoms. The fourth-order valence-electron chi connectivity index (χ4n) is 2.73. The second-order valence-electron chi connectivity index (χ2n) is 5.48. The van der Waals surface area contributed by atoms with Crippen molar-refractivity contribution in [2.45, 2.75) is 16.5 Å². The molecule has 0 fully saturated rings. The molecule has 0 atom stereocenters. The number of fused-ring (bicyclic) bond motifs is 2. The first-order chi connectivity index (χ1) is 12.3. The molecule has 6 nitrogen and oxygen atoms in total. The Kier molecular flexibility index (Phi) is 4.09. The first-order valence-corrected chi connectivity index (χ1v) is 8.47. The number of nitrogens with one attached hydrogen (secondary N) is 1. The number of hydrogen-bond acceptors (Lipinski definition) is 6. The topological polar surface area (TPSA) is 78.4 Å². The smallest absolute Gasteiger partial charge is 0.274 e. The number of anilines is 2. The van der Waals surface area contributed by atoms with Gasteiger partial charge in [0.15, 0.2) is 5.82 Å². The van der Waals surface area contributed by atoms with Crippen molar-refractivity contribution in [2.75, 3.05) is 4.90 Å². The van der Waals surface area contributed by atoms with E-state index in [-0.39, 0.29) is 0 Å². The first kappa shape index (κ1) is 15.6. The van der Waals surface area contributed by atoms with E-state index in [2.05, 4.69) is 27.0 Å². The summed E-state index contributed by atoms with van der Waals surface area (Å²) in [6, 6.07) is 15.2. The summed E-state index contributed by atoms with van der Waals surface area (Å²) in [5.41, 5.74) is 4.14. The average molecular weight is 350 g/mol. The monoisotopic (exact) mass is 350 g/mol. The summed E-state index contributed by atoms with van der Waals surface area (Å²) >= 11 is 1.61. The molecule has 25 heavy (non-hydrogen) atoms. The molecule has 0 saturated heterocycles. The number of carbonyl (C=O) groups is 1. The minimum atomic E-state index is -0.525. The van der Waals surface area contributed by atoms with Gasteiger partial charge in [-0.25, -0.2) is 15.4 Å². The number of nitrogens with zero attached hydrogens (tertiary/aromatic N) is 3. The highest BCUT2D eigenvalue weighted by molar-refractivity contribution is 7.99. The Hall–Kier alpha value is -2.90. The second kappa shape index (κ2) is 6.54. The van der Waals surface area contributed by atoms with Gasteiger partial charge in [0.2, 0.25) is 0 Å². The van der Waals surface area contributed by atoms with E-state index in [0.29, 0.717) is 12.1 Å². The van der Waals surface area contributed by atoms with Crippen LogP contribution in [0.25, 0.3) is 0 Å². The maximum atomic E-state index is 11.4. The van der Waals surface area contributed by atoms with Crippen LogP contribution in [0.3, 0.4) is 0 Å². The molecule has 2 heterocycles. The van der Waals surface area contributed by atoms with Gasteiger partial charge in [-0.1, -0.05) is 36.0 Å². The Labute approximate surface area is 148 Å². The van der Waals surface area contributed by atoms with Gasteiger partial charge in [0, 0.05) is 29.4 Å². The summed E-state index contributed by atoms with van der Waals surface area (Å²) in [4.78, 5) is 23.6. The van der Waals surface area contributed by atoms with E-state index < -0.39 is 5.91 Å². The van der Waals surface area contributed by atoms with E-state index in [0.717, 1.165) is 27.0 Å². The molecule has 0 radical (unpaired) electrons. The molecule has 4 rings (SSSR count). The standard InChI is InChI=1S/C18H14N4O2S/c23-17(21-24)13-7-5-12(6-8-13)11-22-14-3-1-2-4-15(14)25-18-16(22)19-9-10-20-18/h1-10,24H,11H2,(H,21,23). The van der Waals surface area contributed by atoms with Gasteiger partial charge in [0.05, 0.1) is 5.69 Å². The van der Waals surface area contributed by atoms with Crippen LogP contribution in [0.2, 0.25) is 0 Å². The lowest BCUT2D eigenvalue weighted by Crippen LogP contribution is -2.22. The highest BCUT2D eigenvalue weighted by Crippen LogP contribution is 2.46. The molecule has 3 aromatic rings. The lowest BCUT2D eigenvalue weighted by Gasteiger charge is -2.30. The quantitative estimate of drug-likeness (QED) is 0.557.